The average Bonchev–Trinajstić information content (AvgIpc) is 3.07. The van der Waals surface area contributed by atoms with Crippen molar-refractivity contribution in [2.45, 2.75) is 13.8 Å². The third kappa shape index (κ3) is 3.07. The minimum atomic E-state index is -0.278. The monoisotopic (exact) mass is 347 g/mol. The number of hydrogen-bond donors (Lipinski definition) is 0. The molecule has 1 aromatic heterocycles. The van der Waals surface area contributed by atoms with Crippen LogP contribution < -0.4 is 0 Å². The Labute approximate surface area is 143 Å². The normalized spacial score (nSPS) is 16.7. The first-order valence-electron chi connectivity index (χ1n) is 7.11. The number of likely N-dealkylation sites (N-methyl/N-ethyl adjacent to an activating group) is 1. The molecular weight excluding hydrogens is 334 g/mol. The molecule has 1 aliphatic heterocycles. The van der Waals surface area contributed by atoms with Crippen molar-refractivity contribution in [1.82, 2.24) is 4.90 Å². The van der Waals surface area contributed by atoms with Gasteiger partial charge in [-0.05, 0) is 55.4 Å². The zero-order valence-corrected chi connectivity index (χ0v) is 14.2. The largest absolute Gasteiger partial charge is 0.457 e. The summed E-state index contributed by atoms with van der Waals surface area (Å²) < 4.78 is 5.79. The van der Waals surface area contributed by atoms with E-state index in [9.17, 15) is 9.59 Å². The van der Waals surface area contributed by atoms with Crippen LogP contribution in [0.3, 0.4) is 0 Å². The number of furan rings is 1. The number of thioether (sulfide) groups is 1. The van der Waals surface area contributed by atoms with E-state index in [1.807, 2.05) is 31.2 Å². The molecule has 0 atom stereocenters. The zero-order valence-electron chi connectivity index (χ0n) is 12.6. The maximum absolute atomic E-state index is 12.1. The van der Waals surface area contributed by atoms with Gasteiger partial charge in [0, 0.05) is 23.2 Å². The van der Waals surface area contributed by atoms with Gasteiger partial charge in [-0.15, -0.1) is 0 Å². The molecular formula is C17H14ClNO3S. The van der Waals surface area contributed by atoms with E-state index < -0.39 is 0 Å². The third-order valence-corrected chi connectivity index (χ3v) is 4.70. The smallest absolute Gasteiger partial charge is 0.293 e. The van der Waals surface area contributed by atoms with Crippen molar-refractivity contribution < 1.29 is 14.0 Å². The molecule has 1 fully saturated rings. The van der Waals surface area contributed by atoms with Gasteiger partial charge in [0.15, 0.2) is 0 Å². The van der Waals surface area contributed by atoms with Gasteiger partial charge in [0.2, 0.25) is 0 Å². The van der Waals surface area contributed by atoms with Crippen LogP contribution in [0.1, 0.15) is 18.2 Å². The van der Waals surface area contributed by atoms with Crippen LogP contribution in [-0.2, 0) is 4.79 Å². The van der Waals surface area contributed by atoms with Crippen molar-refractivity contribution in [2.24, 2.45) is 0 Å². The van der Waals surface area contributed by atoms with Crippen molar-refractivity contribution >= 4 is 40.6 Å². The Morgan fingerprint density at radius 1 is 1.26 bits per heavy atom. The Morgan fingerprint density at radius 3 is 2.74 bits per heavy atom. The Kier molecular flexibility index (Phi) is 4.33. The molecule has 0 unspecified atom stereocenters. The van der Waals surface area contributed by atoms with Gasteiger partial charge in [-0.2, -0.15) is 0 Å². The molecule has 0 saturated carbocycles. The van der Waals surface area contributed by atoms with Gasteiger partial charge in [0.25, 0.3) is 11.1 Å². The summed E-state index contributed by atoms with van der Waals surface area (Å²) in [7, 11) is 0. The molecule has 0 bridgehead atoms. The SMILES string of the molecule is CCN1C(=O)S/C(=C/c2ccc(-c3cc(Cl)ccc3C)o2)C1=O. The van der Waals surface area contributed by atoms with Gasteiger partial charge in [-0.25, -0.2) is 0 Å². The molecule has 3 rings (SSSR count). The van der Waals surface area contributed by atoms with E-state index in [0.717, 1.165) is 22.9 Å². The van der Waals surface area contributed by atoms with Crippen LogP contribution in [0.25, 0.3) is 17.4 Å². The second kappa shape index (κ2) is 6.26. The molecule has 0 N–H and O–H groups in total. The Balaban J connectivity index is 1.91. The van der Waals surface area contributed by atoms with E-state index in [1.54, 1.807) is 19.1 Å². The minimum Gasteiger partial charge on any atom is -0.457 e. The van der Waals surface area contributed by atoms with E-state index in [0.29, 0.717) is 28.0 Å². The summed E-state index contributed by atoms with van der Waals surface area (Å²) >= 11 is 6.96. The van der Waals surface area contributed by atoms with Crippen molar-refractivity contribution in [1.29, 1.82) is 0 Å². The first-order chi connectivity index (χ1) is 11.0. The Morgan fingerprint density at radius 2 is 2.04 bits per heavy atom. The van der Waals surface area contributed by atoms with Gasteiger partial charge in [-0.1, -0.05) is 17.7 Å². The fraction of sp³-hybridized carbons (Fsp3) is 0.176. The van der Waals surface area contributed by atoms with Crippen molar-refractivity contribution in [3.05, 3.63) is 51.6 Å². The fourth-order valence-electron chi connectivity index (χ4n) is 2.34. The Hall–Kier alpha value is -1.98. The second-order valence-electron chi connectivity index (χ2n) is 5.09. The van der Waals surface area contributed by atoms with Crippen LogP contribution in [0.15, 0.2) is 39.7 Å². The van der Waals surface area contributed by atoms with E-state index in [1.165, 1.54) is 4.90 Å². The molecule has 2 amide bonds. The maximum atomic E-state index is 12.1. The fourth-order valence-corrected chi connectivity index (χ4v) is 3.39. The van der Waals surface area contributed by atoms with Crippen molar-refractivity contribution in [2.75, 3.05) is 6.54 Å². The molecule has 1 saturated heterocycles. The van der Waals surface area contributed by atoms with Crippen LogP contribution in [0.5, 0.6) is 0 Å². The molecule has 0 radical (unpaired) electrons. The van der Waals surface area contributed by atoms with Gasteiger partial charge in [-0.3, -0.25) is 14.5 Å². The van der Waals surface area contributed by atoms with Crippen LogP contribution in [0, 0.1) is 6.92 Å². The first kappa shape index (κ1) is 15.9. The molecule has 4 nitrogen and oxygen atoms in total. The van der Waals surface area contributed by atoms with E-state index >= 15 is 0 Å². The number of hydrogen-bond acceptors (Lipinski definition) is 4. The zero-order chi connectivity index (χ0) is 16.6. The average molecular weight is 348 g/mol. The first-order valence-corrected chi connectivity index (χ1v) is 8.30. The quantitative estimate of drug-likeness (QED) is 0.736. The highest BCUT2D eigenvalue weighted by molar-refractivity contribution is 8.18. The highest BCUT2D eigenvalue weighted by atomic mass is 35.5. The number of benzene rings is 1. The third-order valence-electron chi connectivity index (χ3n) is 3.56. The maximum Gasteiger partial charge on any atom is 0.293 e. The Bertz CT molecular complexity index is 825. The number of amides is 2. The predicted molar refractivity (Wildman–Crippen MR) is 92.2 cm³/mol. The molecule has 2 heterocycles. The predicted octanol–water partition coefficient (Wildman–Crippen LogP) is 4.96. The lowest BCUT2D eigenvalue weighted by Crippen LogP contribution is -2.27. The lowest BCUT2D eigenvalue weighted by molar-refractivity contribution is -0.122. The van der Waals surface area contributed by atoms with Crippen LogP contribution >= 0.6 is 23.4 Å². The minimum absolute atomic E-state index is 0.249. The molecule has 6 heteroatoms. The molecule has 23 heavy (non-hydrogen) atoms. The highest BCUT2D eigenvalue weighted by Gasteiger charge is 2.33. The molecule has 0 aliphatic carbocycles. The summed E-state index contributed by atoms with van der Waals surface area (Å²) in [5.74, 6) is 0.923. The van der Waals surface area contributed by atoms with E-state index in [2.05, 4.69) is 0 Å². The number of carbonyl (C=O) groups is 2. The molecule has 2 aromatic rings. The van der Waals surface area contributed by atoms with Crippen molar-refractivity contribution in [3.8, 4) is 11.3 Å². The number of halogens is 1. The number of carbonyl (C=O) groups excluding carboxylic acids is 2. The summed E-state index contributed by atoms with van der Waals surface area (Å²) in [6, 6.07) is 9.19. The lowest BCUT2D eigenvalue weighted by Gasteiger charge is -2.06. The summed E-state index contributed by atoms with van der Waals surface area (Å²) in [4.78, 5) is 25.4. The molecule has 0 spiro atoms. The molecule has 1 aromatic carbocycles. The van der Waals surface area contributed by atoms with E-state index in [4.69, 9.17) is 16.0 Å². The standard InChI is InChI=1S/C17H14ClNO3S/c1-3-19-16(20)15(23-17(19)21)9-12-6-7-14(22-12)13-8-11(18)5-4-10(13)2/h4-9H,3H2,1-2H3/b15-9+. The molecule has 1 aliphatic rings. The second-order valence-corrected chi connectivity index (χ2v) is 6.52. The van der Waals surface area contributed by atoms with Gasteiger partial charge in [0.05, 0.1) is 4.91 Å². The molecule has 118 valence electrons. The summed E-state index contributed by atoms with van der Waals surface area (Å²) in [6.45, 7) is 4.11. The van der Waals surface area contributed by atoms with Gasteiger partial charge < -0.3 is 4.42 Å². The topological polar surface area (TPSA) is 50.5 Å². The summed E-state index contributed by atoms with van der Waals surface area (Å²) in [6.07, 6.45) is 1.60. The summed E-state index contributed by atoms with van der Waals surface area (Å²) in [5.41, 5.74) is 1.94. The van der Waals surface area contributed by atoms with Crippen LogP contribution in [-0.4, -0.2) is 22.6 Å². The van der Waals surface area contributed by atoms with E-state index in [-0.39, 0.29) is 11.1 Å². The number of nitrogens with zero attached hydrogens (tertiary/aromatic N) is 1. The van der Waals surface area contributed by atoms with Crippen LogP contribution in [0.4, 0.5) is 4.79 Å². The number of rotatable bonds is 3. The number of imide groups is 1. The van der Waals surface area contributed by atoms with Crippen LogP contribution in [0.2, 0.25) is 5.02 Å². The van der Waals surface area contributed by atoms with Gasteiger partial charge >= 0.3 is 0 Å². The number of aryl methyl sites for hydroxylation is 1. The van der Waals surface area contributed by atoms with Gasteiger partial charge in [0.1, 0.15) is 11.5 Å². The van der Waals surface area contributed by atoms with Crippen molar-refractivity contribution in [3.63, 3.8) is 0 Å². The summed E-state index contributed by atoms with van der Waals surface area (Å²) in [5, 5.41) is 0.383. The highest BCUT2D eigenvalue weighted by Crippen LogP contribution is 2.34. The lowest BCUT2D eigenvalue weighted by atomic mass is 10.1.